The average Bonchev–Trinajstić information content (AvgIpc) is 2.93. The fourth-order valence-electron chi connectivity index (χ4n) is 2.22. The Labute approximate surface area is 117 Å². The number of anilines is 1. The van der Waals surface area contributed by atoms with Crippen molar-refractivity contribution in [1.29, 1.82) is 0 Å². The molecule has 2 heterocycles. The maximum Gasteiger partial charge on any atom is 0.316 e. The molecule has 0 saturated carbocycles. The Morgan fingerprint density at radius 2 is 1.90 bits per heavy atom. The standard InChI is InChI=1S/C15H18N4O/c1-15(2,3)16-14-18-17-13(20-14)11-9-19(4)12-8-6-5-7-10(11)12/h5-9H,1-4H3,(H,16,18). The van der Waals surface area contributed by atoms with Gasteiger partial charge in [-0.1, -0.05) is 23.3 Å². The summed E-state index contributed by atoms with van der Waals surface area (Å²) in [5, 5.41) is 12.5. The van der Waals surface area contributed by atoms with Gasteiger partial charge in [0, 0.05) is 29.7 Å². The van der Waals surface area contributed by atoms with E-state index >= 15 is 0 Å². The highest BCUT2D eigenvalue weighted by molar-refractivity contribution is 5.93. The lowest BCUT2D eigenvalue weighted by molar-refractivity contribution is 0.538. The molecule has 1 N–H and O–H groups in total. The maximum absolute atomic E-state index is 5.72. The first-order chi connectivity index (χ1) is 9.44. The zero-order valence-corrected chi connectivity index (χ0v) is 12.1. The quantitative estimate of drug-likeness (QED) is 0.775. The Kier molecular flexibility index (Phi) is 2.78. The minimum atomic E-state index is -0.109. The highest BCUT2D eigenvalue weighted by atomic mass is 16.4. The third kappa shape index (κ3) is 2.27. The molecule has 0 unspecified atom stereocenters. The second-order valence-electron chi connectivity index (χ2n) is 5.96. The van der Waals surface area contributed by atoms with Crippen LogP contribution in [0.4, 0.5) is 6.01 Å². The zero-order valence-electron chi connectivity index (χ0n) is 12.1. The molecule has 0 atom stereocenters. The summed E-state index contributed by atoms with van der Waals surface area (Å²) in [5.74, 6) is 0.536. The number of aryl methyl sites for hydroxylation is 1. The van der Waals surface area contributed by atoms with E-state index in [2.05, 4.69) is 53.0 Å². The van der Waals surface area contributed by atoms with E-state index in [4.69, 9.17) is 4.42 Å². The predicted octanol–water partition coefficient (Wildman–Crippen LogP) is 3.44. The van der Waals surface area contributed by atoms with Crippen molar-refractivity contribution in [2.24, 2.45) is 7.05 Å². The highest BCUT2D eigenvalue weighted by Crippen LogP contribution is 2.30. The van der Waals surface area contributed by atoms with Crippen LogP contribution in [0.2, 0.25) is 0 Å². The van der Waals surface area contributed by atoms with Crippen LogP contribution in [0, 0.1) is 0 Å². The van der Waals surface area contributed by atoms with Gasteiger partial charge in [-0.05, 0) is 26.8 Å². The summed E-state index contributed by atoms with van der Waals surface area (Å²) in [7, 11) is 2.01. The SMILES string of the molecule is Cn1cc(-c2nnc(NC(C)(C)C)o2)c2ccccc21. The first-order valence-corrected chi connectivity index (χ1v) is 6.60. The molecule has 0 bridgehead atoms. The Bertz CT molecular complexity index is 749. The summed E-state index contributed by atoms with van der Waals surface area (Å²) in [6.45, 7) is 6.15. The van der Waals surface area contributed by atoms with Crippen LogP contribution >= 0.6 is 0 Å². The van der Waals surface area contributed by atoms with E-state index in [1.807, 2.05) is 25.4 Å². The third-order valence-electron chi connectivity index (χ3n) is 3.03. The summed E-state index contributed by atoms with van der Waals surface area (Å²) in [4.78, 5) is 0. The van der Waals surface area contributed by atoms with Gasteiger partial charge in [0.1, 0.15) is 0 Å². The first kappa shape index (κ1) is 12.7. The second kappa shape index (κ2) is 4.37. The molecule has 2 aromatic heterocycles. The number of nitrogens with one attached hydrogen (secondary N) is 1. The summed E-state index contributed by atoms with van der Waals surface area (Å²) < 4.78 is 7.78. The van der Waals surface area contributed by atoms with E-state index in [1.165, 1.54) is 0 Å². The molecule has 0 saturated heterocycles. The molecule has 0 aliphatic carbocycles. The lowest BCUT2D eigenvalue weighted by atomic mass is 10.1. The largest absolute Gasteiger partial charge is 0.403 e. The van der Waals surface area contributed by atoms with Crippen LogP contribution < -0.4 is 5.32 Å². The van der Waals surface area contributed by atoms with Crippen molar-refractivity contribution < 1.29 is 4.42 Å². The molecule has 0 amide bonds. The van der Waals surface area contributed by atoms with Crippen LogP contribution in [0.1, 0.15) is 20.8 Å². The molecule has 0 spiro atoms. The van der Waals surface area contributed by atoms with Crippen molar-refractivity contribution in [3.63, 3.8) is 0 Å². The van der Waals surface area contributed by atoms with Gasteiger partial charge in [-0.2, -0.15) is 0 Å². The molecule has 5 nitrogen and oxygen atoms in total. The van der Waals surface area contributed by atoms with Crippen molar-refractivity contribution in [1.82, 2.24) is 14.8 Å². The van der Waals surface area contributed by atoms with Gasteiger partial charge >= 0.3 is 6.01 Å². The Morgan fingerprint density at radius 3 is 2.65 bits per heavy atom. The van der Waals surface area contributed by atoms with Crippen molar-refractivity contribution in [3.8, 4) is 11.5 Å². The Balaban J connectivity index is 2.04. The van der Waals surface area contributed by atoms with Gasteiger partial charge in [0.25, 0.3) is 5.89 Å². The average molecular weight is 270 g/mol. The van der Waals surface area contributed by atoms with Gasteiger partial charge in [-0.15, -0.1) is 5.10 Å². The molecule has 0 radical (unpaired) electrons. The van der Waals surface area contributed by atoms with Crippen LogP contribution in [-0.2, 0) is 7.05 Å². The van der Waals surface area contributed by atoms with Gasteiger partial charge in [-0.25, -0.2) is 0 Å². The minimum absolute atomic E-state index is 0.109. The lowest BCUT2D eigenvalue weighted by Gasteiger charge is -2.17. The normalized spacial score (nSPS) is 12.0. The van der Waals surface area contributed by atoms with E-state index in [9.17, 15) is 0 Å². The second-order valence-corrected chi connectivity index (χ2v) is 5.96. The van der Waals surface area contributed by atoms with E-state index in [0.29, 0.717) is 11.9 Å². The zero-order chi connectivity index (χ0) is 14.3. The Morgan fingerprint density at radius 1 is 1.15 bits per heavy atom. The molecule has 0 aliphatic rings. The predicted molar refractivity (Wildman–Crippen MR) is 79.6 cm³/mol. The van der Waals surface area contributed by atoms with Gasteiger partial charge in [0.15, 0.2) is 0 Å². The van der Waals surface area contributed by atoms with Gasteiger partial charge in [-0.3, -0.25) is 0 Å². The monoisotopic (exact) mass is 270 g/mol. The lowest BCUT2D eigenvalue weighted by Crippen LogP contribution is -2.26. The van der Waals surface area contributed by atoms with E-state index in [-0.39, 0.29) is 5.54 Å². The van der Waals surface area contributed by atoms with E-state index < -0.39 is 0 Å². The number of rotatable bonds is 2. The number of hydrogen-bond acceptors (Lipinski definition) is 4. The van der Waals surface area contributed by atoms with Crippen molar-refractivity contribution >= 4 is 16.9 Å². The van der Waals surface area contributed by atoms with Crippen LogP contribution in [0.3, 0.4) is 0 Å². The number of fused-ring (bicyclic) bond motifs is 1. The number of para-hydroxylation sites is 1. The number of benzene rings is 1. The number of aromatic nitrogens is 3. The van der Waals surface area contributed by atoms with Crippen molar-refractivity contribution in [2.45, 2.75) is 26.3 Å². The van der Waals surface area contributed by atoms with E-state index in [1.54, 1.807) is 0 Å². The fourth-order valence-corrected chi connectivity index (χ4v) is 2.22. The highest BCUT2D eigenvalue weighted by Gasteiger charge is 2.17. The molecule has 20 heavy (non-hydrogen) atoms. The van der Waals surface area contributed by atoms with Crippen LogP contribution in [0.15, 0.2) is 34.9 Å². The molecular weight excluding hydrogens is 252 g/mol. The molecule has 3 aromatic rings. The molecule has 5 heteroatoms. The van der Waals surface area contributed by atoms with Crippen molar-refractivity contribution in [3.05, 3.63) is 30.5 Å². The minimum Gasteiger partial charge on any atom is -0.403 e. The van der Waals surface area contributed by atoms with Crippen LogP contribution in [-0.4, -0.2) is 20.3 Å². The summed E-state index contributed by atoms with van der Waals surface area (Å²) >= 11 is 0. The smallest absolute Gasteiger partial charge is 0.316 e. The third-order valence-corrected chi connectivity index (χ3v) is 3.03. The fraction of sp³-hybridized carbons (Fsp3) is 0.333. The van der Waals surface area contributed by atoms with Gasteiger partial charge in [0.05, 0.1) is 5.56 Å². The van der Waals surface area contributed by atoms with E-state index in [0.717, 1.165) is 16.5 Å². The maximum atomic E-state index is 5.72. The van der Waals surface area contributed by atoms with Crippen molar-refractivity contribution in [2.75, 3.05) is 5.32 Å². The van der Waals surface area contributed by atoms with Gasteiger partial charge < -0.3 is 14.3 Å². The Hall–Kier alpha value is -2.30. The molecule has 1 aromatic carbocycles. The molecular formula is C15H18N4O. The topological polar surface area (TPSA) is 55.9 Å². The summed E-state index contributed by atoms with van der Waals surface area (Å²) in [6, 6.07) is 8.61. The summed E-state index contributed by atoms with van der Waals surface area (Å²) in [6.07, 6.45) is 2.01. The van der Waals surface area contributed by atoms with Crippen LogP contribution in [0.25, 0.3) is 22.4 Å². The number of hydrogen-bond donors (Lipinski definition) is 1. The molecule has 3 rings (SSSR count). The number of nitrogens with zero attached hydrogens (tertiary/aromatic N) is 3. The first-order valence-electron chi connectivity index (χ1n) is 6.60. The molecule has 0 fully saturated rings. The van der Waals surface area contributed by atoms with Gasteiger partial charge in [0.2, 0.25) is 0 Å². The van der Waals surface area contributed by atoms with Crippen LogP contribution in [0.5, 0.6) is 0 Å². The summed E-state index contributed by atoms with van der Waals surface area (Å²) in [5.41, 5.74) is 1.99. The molecule has 0 aliphatic heterocycles. The molecule has 104 valence electrons.